The van der Waals surface area contributed by atoms with Crippen molar-refractivity contribution in [2.24, 2.45) is 28.9 Å². The van der Waals surface area contributed by atoms with Gasteiger partial charge in [-0.3, -0.25) is 4.79 Å². The molecule has 3 heterocycles. The number of carbonyl (C=O) groups is 1. The van der Waals surface area contributed by atoms with Gasteiger partial charge in [-0.05, 0) is 39.3 Å². The molecule has 3 aliphatic heterocycles. The molecule has 14 atom stereocenters. The Labute approximate surface area is 252 Å². The predicted octanol–water partition coefficient (Wildman–Crippen LogP) is -5.78. The maximum absolute atomic E-state index is 12.6. The van der Waals surface area contributed by atoms with Gasteiger partial charge in [0.05, 0.1) is 31.3 Å². The van der Waals surface area contributed by atoms with Crippen molar-refractivity contribution in [3.63, 3.8) is 0 Å². The highest BCUT2D eigenvalue weighted by molar-refractivity contribution is 5.81. The van der Waals surface area contributed by atoms with E-state index in [0.29, 0.717) is 25.3 Å². The smallest absolute Gasteiger partial charge is 0.250 e. The lowest BCUT2D eigenvalue weighted by molar-refractivity contribution is -0.297. The minimum absolute atomic E-state index is 0.142. The zero-order valence-electron chi connectivity index (χ0n) is 25.0. The third kappa shape index (κ3) is 8.02. The Morgan fingerprint density at radius 3 is 2.63 bits per heavy atom. The Morgan fingerprint density at radius 1 is 1.23 bits per heavy atom. The fraction of sp³-hybridized carbons (Fsp3) is 0.889. The molecule has 0 radical (unpaired) electrons. The maximum atomic E-state index is 12.6. The van der Waals surface area contributed by atoms with Gasteiger partial charge in [0, 0.05) is 49.7 Å². The Balaban J connectivity index is 1.49. The standard InChI is InChI=1S/C27H52N8O8/c1-27(40)11-41-26(21(38)24(27)32-2)43-23-17(35-25(39)18(36)7-28)6-16(31)19(20(23)37)22-15(30)4-3-14(42-22)10-33-9-13-5-12(29)8-34-13/h3,12-13,15-24,26,32-34,36-38,40H,4-11,28-31H2,1-2H3,(H,35,39)/t12-,13-,15+,16-,17+,18-,19?,20-,21+,22-,23-,24+,26+,27-/m0/s1. The van der Waals surface area contributed by atoms with Gasteiger partial charge >= 0.3 is 0 Å². The Bertz CT molecular complexity index is 962. The maximum Gasteiger partial charge on any atom is 0.250 e. The first-order valence-corrected chi connectivity index (χ1v) is 15.1. The van der Waals surface area contributed by atoms with Crippen LogP contribution in [0.5, 0.6) is 0 Å². The second-order valence-electron chi connectivity index (χ2n) is 12.6. The van der Waals surface area contributed by atoms with Crippen LogP contribution in [0.4, 0.5) is 0 Å². The Morgan fingerprint density at radius 2 is 1.98 bits per heavy atom. The molecule has 1 amide bonds. The number of likely N-dealkylation sites (N-methyl/N-ethyl adjacent to an activating group) is 1. The van der Waals surface area contributed by atoms with Crippen LogP contribution in [-0.2, 0) is 19.0 Å². The monoisotopic (exact) mass is 616 g/mol. The van der Waals surface area contributed by atoms with Gasteiger partial charge < -0.3 is 78.8 Å². The first-order chi connectivity index (χ1) is 20.4. The van der Waals surface area contributed by atoms with Crippen LogP contribution in [0.3, 0.4) is 0 Å². The molecule has 0 spiro atoms. The number of nitrogens with one attached hydrogen (secondary N) is 4. The zero-order valence-corrected chi connectivity index (χ0v) is 25.0. The van der Waals surface area contributed by atoms with Gasteiger partial charge in [0.1, 0.15) is 35.8 Å². The lowest BCUT2D eigenvalue weighted by atomic mass is 9.72. The average Bonchev–Trinajstić information content (AvgIpc) is 3.37. The summed E-state index contributed by atoms with van der Waals surface area (Å²) in [6.07, 6.45) is -3.74. The third-order valence-corrected chi connectivity index (χ3v) is 9.09. The Hall–Kier alpha value is -1.51. The topological polar surface area (TPSA) is 278 Å². The van der Waals surface area contributed by atoms with E-state index in [-0.39, 0.29) is 31.7 Å². The predicted molar refractivity (Wildman–Crippen MR) is 156 cm³/mol. The van der Waals surface area contributed by atoms with Crippen molar-refractivity contribution in [3.05, 3.63) is 11.8 Å². The molecule has 0 aromatic rings. The summed E-state index contributed by atoms with van der Waals surface area (Å²) < 4.78 is 18.2. The lowest BCUT2D eigenvalue weighted by Gasteiger charge is -2.50. The Kier molecular flexibility index (Phi) is 11.8. The molecule has 1 saturated carbocycles. The molecule has 0 aromatic heterocycles. The van der Waals surface area contributed by atoms with E-state index < -0.39 is 78.4 Å². The number of aliphatic hydroxyl groups is 4. The fourth-order valence-corrected chi connectivity index (χ4v) is 6.72. The van der Waals surface area contributed by atoms with E-state index in [2.05, 4.69) is 21.3 Å². The second-order valence-corrected chi connectivity index (χ2v) is 12.6. The zero-order chi connectivity index (χ0) is 31.5. The highest BCUT2D eigenvalue weighted by Crippen LogP contribution is 2.36. The molecule has 1 unspecified atom stereocenters. The number of aliphatic hydroxyl groups excluding tert-OH is 3. The molecule has 0 bridgehead atoms. The van der Waals surface area contributed by atoms with Crippen molar-refractivity contribution in [2.75, 3.05) is 39.8 Å². The van der Waals surface area contributed by atoms with Crippen molar-refractivity contribution in [1.29, 1.82) is 0 Å². The summed E-state index contributed by atoms with van der Waals surface area (Å²) in [4.78, 5) is 12.6. The highest BCUT2D eigenvalue weighted by atomic mass is 16.7. The van der Waals surface area contributed by atoms with E-state index in [9.17, 15) is 25.2 Å². The van der Waals surface area contributed by atoms with E-state index in [1.165, 1.54) is 6.92 Å². The largest absolute Gasteiger partial charge is 0.492 e. The van der Waals surface area contributed by atoms with Gasteiger partial charge in [-0.2, -0.15) is 0 Å². The number of amides is 1. The molecular formula is C27H52N8O8. The van der Waals surface area contributed by atoms with Crippen molar-refractivity contribution in [2.45, 2.75) is 105 Å². The molecule has 16 nitrogen and oxygen atoms in total. The second kappa shape index (κ2) is 14.7. The summed E-state index contributed by atoms with van der Waals surface area (Å²) in [5.41, 5.74) is 23.2. The number of carbonyl (C=O) groups excluding carboxylic acids is 1. The molecule has 1 aliphatic carbocycles. The van der Waals surface area contributed by atoms with Crippen LogP contribution in [0.15, 0.2) is 11.8 Å². The quantitative estimate of drug-likeness (QED) is 0.103. The van der Waals surface area contributed by atoms with Gasteiger partial charge in [-0.15, -0.1) is 0 Å². The lowest BCUT2D eigenvalue weighted by Crippen LogP contribution is -2.69. The number of rotatable bonds is 11. The van der Waals surface area contributed by atoms with Crippen molar-refractivity contribution >= 4 is 5.91 Å². The van der Waals surface area contributed by atoms with Crippen LogP contribution in [0.1, 0.15) is 26.2 Å². The summed E-state index contributed by atoms with van der Waals surface area (Å²) in [7, 11) is 1.59. The molecule has 248 valence electrons. The molecule has 3 fully saturated rings. The summed E-state index contributed by atoms with van der Waals surface area (Å²) >= 11 is 0. The number of hydrogen-bond donors (Lipinski definition) is 12. The van der Waals surface area contributed by atoms with Gasteiger partial charge in [0.15, 0.2) is 6.29 Å². The average molecular weight is 617 g/mol. The van der Waals surface area contributed by atoms with Crippen LogP contribution in [-0.4, -0.2) is 145 Å². The number of nitrogens with two attached hydrogens (primary N) is 4. The van der Waals surface area contributed by atoms with Crippen LogP contribution in [0.25, 0.3) is 0 Å². The van der Waals surface area contributed by atoms with Gasteiger partial charge in [-0.25, -0.2) is 0 Å². The molecule has 0 aromatic carbocycles. The van der Waals surface area contributed by atoms with E-state index in [4.69, 9.17) is 37.1 Å². The number of ether oxygens (including phenoxy) is 3. The van der Waals surface area contributed by atoms with Crippen LogP contribution < -0.4 is 44.2 Å². The van der Waals surface area contributed by atoms with E-state index in [1.54, 1.807) is 7.05 Å². The van der Waals surface area contributed by atoms with Gasteiger partial charge in [0.2, 0.25) is 5.91 Å². The van der Waals surface area contributed by atoms with E-state index in [1.807, 2.05) is 6.08 Å². The van der Waals surface area contributed by atoms with E-state index >= 15 is 0 Å². The molecular weight excluding hydrogens is 564 g/mol. The first-order valence-electron chi connectivity index (χ1n) is 15.1. The summed E-state index contributed by atoms with van der Waals surface area (Å²) in [5, 5.41) is 55.8. The number of hydrogen-bond acceptors (Lipinski definition) is 15. The van der Waals surface area contributed by atoms with Crippen LogP contribution in [0, 0.1) is 5.92 Å². The van der Waals surface area contributed by atoms with Crippen molar-refractivity contribution in [1.82, 2.24) is 21.3 Å². The highest BCUT2D eigenvalue weighted by Gasteiger charge is 2.53. The van der Waals surface area contributed by atoms with E-state index in [0.717, 1.165) is 13.0 Å². The first kappa shape index (κ1) is 34.4. The molecule has 43 heavy (non-hydrogen) atoms. The van der Waals surface area contributed by atoms with Crippen molar-refractivity contribution in [3.8, 4) is 0 Å². The fourth-order valence-electron chi connectivity index (χ4n) is 6.72. The summed E-state index contributed by atoms with van der Waals surface area (Å²) in [5.74, 6) is -0.785. The molecule has 16 heteroatoms. The molecule has 4 rings (SSSR count). The summed E-state index contributed by atoms with van der Waals surface area (Å²) in [6, 6.07) is -2.41. The van der Waals surface area contributed by atoms with Crippen LogP contribution >= 0.6 is 0 Å². The SMILES string of the molecule is CN[C@@H]1[C@@H](O)[C@@H](O[C@H]2[C@H](NC(=O)[C@@H](O)CN)C[C@H](N)C([C@H]3OC(CNC[C@@H]4C[C@H](N)CN4)=CC[C@H]3N)[C@@H]2O)OC[C@]1(C)O. The minimum Gasteiger partial charge on any atom is -0.492 e. The van der Waals surface area contributed by atoms with Gasteiger partial charge in [-0.1, -0.05) is 0 Å². The van der Waals surface area contributed by atoms with Crippen molar-refractivity contribution < 1.29 is 39.4 Å². The van der Waals surface area contributed by atoms with Gasteiger partial charge in [0.25, 0.3) is 0 Å². The molecule has 4 aliphatic rings. The molecule has 2 saturated heterocycles. The molecule has 16 N–H and O–H groups in total. The van der Waals surface area contributed by atoms with Crippen LogP contribution in [0.2, 0.25) is 0 Å². The summed E-state index contributed by atoms with van der Waals surface area (Å²) in [6.45, 7) is 3.02. The third-order valence-electron chi connectivity index (χ3n) is 9.09. The minimum atomic E-state index is -1.47. The normalized spacial score (nSPS) is 44.4.